The number of aromatic nitrogens is 1. The fourth-order valence-electron chi connectivity index (χ4n) is 4.92. The van der Waals surface area contributed by atoms with Gasteiger partial charge in [-0.1, -0.05) is 75.4 Å². The van der Waals surface area contributed by atoms with Crippen molar-refractivity contribution in [2.45, 2.75) is 46.2 Å². The lowest BCUT2D eigenvalue weighted by Crippen LogP contribution is -2.48. The Balaban J connectivity index is 1.34. The molecule has 5 heteroatoms. The summed E-state index contributed by atoms with van der Waals surface area (Å²) in [6.07, 6.45) is 0. The maximum Gasteiger partial charge on any atom is 0.270 e. The number of fused-ring (bicyclic) bond motifs is 1. The van der Waals surface area contributed by atoms with Crippen LogP contribution < -0.4 is 0 Å². The van der Waals surface area contributed by atoms with Crippen LogP contribution in [-0.4, -0.2) is 46.5 Å². The highest BCUT2D eigenvalue weighted by Gasteiger charge is 2.26. The van der Waals surface area contributed by atoms with Gasteiger partial charge in [-0.05, 0) is 29.0 Å². The fourth-order valence-corrected chi connectivity index (χ4v) is 4.92. The second-order valence-corrected chi connectivity index (χ2v) is 10.7. The molecule has 1 aliphatic heterocycles. The van der Waals surface area contributed by atoms with Gasteiger partial charge in [-0.2, -0.15) is 0 Å². The lowest BCUT2D eigenvalue weighted by atomic mass is 9.87. The minimum atomic E-state index is 0.0831. The van der Waals surface area contributed by atoms with Gasteiger partial charge >= 0.3 is 0 Å². The van der Waals surface area contributed by atoms with Crippen LogP contribution in [0.5, 0.6) is 0 Å². The molecule has 0 aliphatic carbocycles. The highest BCUT2D eigenvalue weighted by atomic mass is 16.3. The number of hydrogen-bond donors (Lipinski definition) is 0. The van der Waals surface area contributed by atoms with Gasteiger partial charge in [0.1, 0.15) is 11.5 Å². The van der Waals surface area contributed by atoms with Crippen LogP contribution in [0.3, 0.4) is 0 Å². The number of nitrogens with zero attached hydrogens (tertiary/aromatic N) is 3. The largest absolute Gasteiger partial charge is 0.460 e. The Bertz CT molecular complexity index is 1300. The maximum atomic E-state index is 13.7. The van der Waals surface area contributed by atoms with Crippen LogP contribution in [0.4, 0.5) is 0 Å². The Kier molecular flexibility index (Phi) is 6.28. The molecule has 1 aliphatic rings. The summed E-state index contributed by atoms with van der Waals surface area (Å²) in [5.41, 5.74) is 6.38. The zero-order valence-corrected chi connectivity index (χ0v) is 21.3. The van der Waals surface area contributed by atoms with Crippen LogP contribution in [0.15, 0.2) is 71.1 Å². The third kappa shape index (κ3) is 5.06. The van der Waals surface area contributed by atoms with E-state index in [0.717, 1.165) is 49.6 Å². The topological polar surface area (TPSA) is 41.6 Å². The van der Waals surface area contributed by atoms with Crippen molar-refractivity contribution in [1.29, 1.82) is 0 Å². The van der Waals surface area contributed by atoms with E-state index in [4.69, 9.17) is 4.42 Å². The van der Waals surface area contributed by atoms with Crippen LogP contribution in [0.1, 0.15) is 53.7 Å². The highest BCUT2D eigenvalue weighted by Crippen LogP contribution is 2.27. The summed E-state index contributed by atoms with van der Waals surface area (Å²) in [4.78, 5) is 18.1. The molecular weight excluding hydrogens is 434 g/mol. The Hall–Kier alpha value is -3.31. The van der Waals surface area contributed by atoms with Gasteiger partial charge in [-0.15, -0.1) is 0 Å². The van der Waals surface area contributed by atoms with Crippen LogP contribution in [0, 0.1) is 6.92 Å². The van der Waals surface area contributed by atoms with Crippen molar-refractivity contribution >= 4 is 17.0 Å². The van der Waals surface area contributed by atoms with E-state index in [1.54, 1.807) is 0 Å². The first kappa shape index (κ1) is 23.4. The van der Waals surface area contributed by atoms with E-state index in [1.807, 2.05) is 30.0 Å². The standard InChI is InChI=1S/C30H35N3O2/c1-22-18-26-28(35-22)19-27(33(26)21-24-10-12-25(13-11-24)30(2,3)4)29(34)32-16-14-31(15-17-32)20-23-8-6-5-7-9-23/h5-13,18-19H,14-17,20-21H2,1-4H3. The SMILES string of the molecule is Cc1cc2c(cc(C(=O)N3CCN(Cc4ccccc4)CC3)n2Cc2ccc(C(C)(C)C)cc2)o1. The molecule has 1 fully saturated rings. The lowest BCUT2D eigenvalue weighted by molar-refractivity contribution is 0.0619. The van der Waals surface area contributed by atoms with Crippen molar-refractivity contribution in [3.05, 3.63) is 94.9 Å². The quantitative estimate of drug-likeness (QED) is 0.368. The molecular formula is C30H35N3O2. The monoisotopic (exact) mass is 469 g/mol. The molecule has 4 aromatic rings. The van der Waals surface area contributed by atoms with Gasteiger partial charge in [0.25, 0.3) is 5.91 Å². The molecule has 2 aromatic heterocycles. The van der Waals surface area contributed by atoms with E-state index in [0.29, 0.717) is 12.2 Å². The Morgan fingerprint density at radius 1 is 0.857 bits per heavy atom. The van der Waals surface area contributed by atoms with Crippen molar-refractivity contribution in [3.63, 3.8) is 0 Å². The third-order valence-corrected chi connectivity index (χ3v) is 7.00. The Morgan fingerprint density at radius 2 is 1.51 bits per heavy atom. The summed E-state index contributed by atoms with van der Waals surface area (Å²) in [5, 5.41) is 0. The predicted molar refractivity (Wildman–Crippen MR) is 141 cm³/mol. The average Bonchev–Trinajstić information content (AvgIpc) is 3.36. The molecule has 1 saturated heterocycles. The molecule has 182 valence electrons. The maximum absolute atomic E-state index is 13.7. The van der Waals surface area contributed by atoms with Gasteiger partial charge in [0, 0.05) is 51.4 Å². The van der Waals surface area contributed by atoms with Crippen LogP contribution in [-0.2, 0) is 18.5 Å². The second kappa shape index (κ2) is 9.38. The van der Waals surface area contributed by atoms with Crippen LogP contribution in [0.2, 0.25) is 0 Å². The summed E-state index contributed by atoms with van der Waals surface area (Å²) >= 11 is 0. The molecule has 0 N–H and O–H groups in total. The predicted octanol–water partition coefficient (Wildman–Crippen LogP) is 5.85. The third-order valence-electron chi connectivity index (χ3n) is 7.00. The van der Waals surface area contributed by atoms with Gasteiger partial charge in [-0.25, -0.2) is 0 Å². The molecule has 5 rings (SSSR count). The summed E-state index contributed by atoms with van der Waals surface area (Å²) in [6, 6.07) is 23.2. The van der Waals surface area contributed by atoms with E-state index < -0.39 is 0 Å². The zero-order valence-electron chi connectivity index (χ0n) is 21.3. The number of carbonyl (C=O) groups is 1. The fraction of sp³-hybridized carbons (Fsp3) is 0.367. The Morgan fingerprint density at radius 3 is 2.17 bits per heavy atom. The summed E-state index contributed by atoms with van der Waals surface area (Å²) in [6.45, 7) is 13.4. The molecule has 0 bridgehead atoms. The normalized spacial score (nSPS) is 15.1. The average molecular weight is 470 g/mol. The van der Waals surface area contributed by atoms with Gasteiger partial charge in [0.05, 0.1) is 5.52 Å². The number of rotatable bonds is 5. The van der Waals surface area contributed by atoms with Gasteiger partial charge in [-0.3, -0.25) is 9.69 Å². The number of hydrogen-bond acceptors (Lipinski definition) is 3. The second-order valence-electron chi connectivity index (χ2n) is 10.7. The van der Waals surface area contributed by atoms with E-state index in [2.05, 4.69) is 78.8 Å². The number of aryl methyl sites for hydroxylation is 1. The first-order valence-corrected chi connectivity index (χ1v) is 12.5. The molecule has 2 aromatic carbocycles. The molecule has 35 heavy (non-hydrogen) atoms. The minimum absolute atomic E-state index is 0.0831. The van der Waals surface area contributed by atoms with E-state index in [1.165, 1.54) is 16.7 Å². The zero-order chi connectivity index (χ0) is 24.6. The van der Waals surface area contributed by atoms with E-state index in [-0.39, 0.29) is 11.3 Å². The van der Waals surface area contributed by atoms with Crippen LogP contribution in [0.25, 0.3) is 11.1 Å². The molecule has 0 atom stereocenters. The van der Waals surface area contributed by atoms with Crippen molar-refractivity contribution in [2.75, 3.05) is 26.2 Å². The summed E-state index contributed by atoms with van der Waals surface area (Å²) in [5.74, 6) is 0.945. The molecule has 1 amide bonds. The van der Waals surface area contributed by atoms with Crippen molar-refractivity contribution in [1.82, 2.24) is 14.4 Å². The van der Waals surface area contributed by atoms with Gasteiger partial charge in [0.2, 0.25) is 0 Å². The first-order valence-electron chi connectivity index (χ1n) is 12.5. The highest BCUT2D eigenvalue weighted by molar-refractivity contribution is 5.97. The number of furan rings is 1. The molecule has 3 heterocycles. The minimum Gasteiger partial charge on any atom is -0.460 e. The van der Waals surface area contributed by atoms with Gasteiger partial charge < -0.3 is 13.9 Å². The van der Waals surface area contributed by atoms with Crippen molar-refractivity contribution in [2.24, 2.45) is 0 Å². The Labute approximate surface area is 207 Å². The first-order chi connectivity index (χ1) is 16.8. The van der Waals surface area contributed by atoms with E-state index >= 15 is 0 Å². The van der Waals surface area contributed by atoms with E-state index in [9.17, 15) is 4.79 Å². The lowest BCUT2D eigenvalue weighted by Gasteiger charge is -2.35. The number of carbonyl (C=O) groups excluding carboxylic acids is 1. The summed E-state index contributed by atoms with van der Waals surface area (Å²) in [7, 11) is 0. The summed E-state index contributed by atoms with van der Waals surface area (Å²) < 4.78 is 8.03. The number of benzene rings is 2. The number of amides is 1. The van der Waals surface area contributed by atoms with Crippen LogP contribution >= 0.6 is 0 Å². The molecule has 0 radical (unpaired) electrons. The van der Waals surface area contributed by atoms with Crippen molar-refractivity contribution < 1.29 is 9.21 Å². The smallest absolute Gasteiger partial charge is 0.270 e. The van der Waals surface area contributed by atoms with Crippen molar-refractivity contribution in [3.8, 4) is 0 Å². The molecule has 5 nitrogen and oxygen atoms in total. The van der Waals surface area contributed by atoms with Gasteiger partial charge in [0.15, 0.2) is 5.58 Å². The number of piperazine rings is 1. The molecule has 0 spiro atoms. The molecule has 0 saturated carbocycles. The molecule has 0 unspecified atom stereocenters.